The van der Waals surface area contributed by atoms with Gasteiger partial charge in [0.2, 0.25) is 0 Å². The van der Waals surface area contributed by atoms with Crippen LogP contribution in [0.15, 0.2) is 36.5 Å². The number of carbonyl (C=O) groups is 1. The summed E-state index contributed by atoms with van der Waals surface area (Å²) in [4.78, 5) is 15.0. The molecule has 0 fully saturated rings. The summed E-state index contributed by atoms with van der Waals surface area (Å²) >= 11 is 0. The standard InChI is InChI=1S/C22H23NO2/c1-21(2)11-12-22(3,4)19-13-15(6-10-18(19)21)5-8-17-9-7-16(14-23-17)20(24)25/h6-7,9-10,13-14H,11-12H2,1-4H3,(H,24,25). The second kappa shape index (κ2) is 6.04. The predicted octanol–water partition coefficient (Wildman–Crippen LogP) is 4.53. The van der Waals surface area contributed by atoms with Crippen molar-refractivity contribution in [3.63, 3.8) is 0 Å². The molecule has 0 unspecified atom stereocenters. The van der Waals surface area contributed by atoms with Gasteiger partial charge in [-0.05, 0) is 65.0 Å². The van der Waals surface area contributed by atoms with Crippen molar-refractivity contribution >= 4 is 5.97 Å². The van der Waals surface area contributed by atoms with Crippen LogP contribution in [0.25, 0.3) is 0 Å². The first-order chi connectivity index (χ1) is 11.7. The maximum Gasteiger partial charge on any atom is 0.337 e. The largest absolute Gasteiger partial charge is 0.478 e. The molecule has 0 amide bonds. The molecule has 1 aromatic heterocycles. The number of pyridine rings is 1. The summed E-state index contributed by atoms with van der Waals surface area (Å²) in [6.07, 6.45) is 3.70. The first-order valence-electron chi connectivity index (χ1n) is 8.55. The third-order valence-corrected chi connectivity index (χ3v) is 5.20. The summed E-state index contributed by atoms with van der Waals surface area (Å²) in [5.41, 5.74) is 4.86. The van der Waals surface area contributed by atoms with E-state index in [1.807, 2.05) is 0 Å². The fraction of sp³-hybridized carbons (Fsp3) is 0.364. The molecule has 1 aromatic carbocycles. The monoisotopic (exact) mass is 333 g/mol. The second-order valence-corrected chi connectivity index (χ2v) is 8.02. The van der Waals surface area contributed by atoms with Gasteiger partial charge >= 0.3 is 5.97 Å². The second-order valence-electron chi connectivity index (χ2n) is 8.02. The van der Waals surface area contributed by atoms with Gasteiger partial charge in [-0.25, -0.2) is 9.78 Å². The minimum absolute atomic E-state index is 0.157. The van der Waals surface area contributed by atoms with Crippen LogP contribution < -0.4 is 0 Å². The quantitative estimate of drug-likeness (QED) is 0.780. The Morgan fingerprint density at radius 3 is 2.28 bits per heavy atom. The Morgan fingerprint density at radius 2 is 1.68 bits per heavy atom. The molecule has 3 nitrogen and oxygen atoms in total. The van der Waals surface area contributed by atoms with Crippen molar-refractivity contribution < 1.29 is 9.90 Å². The first-order valence-corrected chi connectivity index (χ1v) is 8.55. The van der Waals surface area contributed by atoms with Gasteiger partial charge in [0.15, 0.2) is 0 Å². The molecule has 1 N–H and O–H groups in total. The number of benzene rings is 1. The van der Waals surface area contributed by atoms with Crippen LogP contribution in [0.3, 0.4) is 0 Å². The highest BCUT2D eigenvalue weighted by atomic mass is 16.4. The van der Waals surface area contributed by atoms with E-state index in [-0.39, 0.29) is 16.4 Å². The molecule has 25 heavy (non-hydrogen) atoms. The molecule has 128 valence electrons. The highest BCUT2D eigenvalue weighted by molar-refractivity contribution is 5.87. The van der Waals surface area contributed by atoms with Crippen LogP contribution in [0.1, 0.15) is 73.3 Å². The van der Waals surface area contributed by atoms with Gasteiger partial charge in [0, 0.05) is 11.8 Å². The molecule has 0 spiro atoms. The zero-order valence-corrected chi connectivity index (χ0v) is 15.2. The first kappa shape index (κ1) is 17.2. The summed E-state index contributed by atoms with van der Waals surface area (Å²) in [6.45, 7) is 9.20. The van der Waals surface area contributed by atoms with Gasteiger partial charge in [0.1, 0.15) is 5.69 Å². The molecular formula is C22H23NO2. The van der Waals surface area contributed by atoms with Crippen LogP contribution in [0.2, 0.25) is 0 Å². The van der Waals surface area contributed by atoms with Gasteiger partial charge in [0.05, 0.1) is 5.56 Å². The van der Waals surface area contributed by atoms with E-state index in [1.165, 1.54) is 36.2 Å². The fourth-order valence-electron chi connectivity index (χ4n) is 3.40. The van der Waals surface area contributed by atoms with E-state index in [9.17, 15) is 4.79 Å². The number of hydrogen-bond donors (Lipinski definition) is 1. The molecule has 3 rings (SSSR count). The highest BCUT2D eigenvalue weighted by Gasteiger charge is 2.36. The average Bonchev–Trinajstić information content (AvgIpc) is 2.57. The van der Waals surface area contributed by atoms with E-state index in [1.54, 1.807) is 6.07 Å². The van der Waals surface area contributed by atoms with Gasteiger partial charge in [0.25, 0.3) is 0 Å². The number of carboxylic acid groups (broad SMARTS) is 1. The van der Waals surface area contributed by atoms with Crippen LogP contribution in [0.4, 0.5) is 0 Å². The van der Waals surface area contributed by atoms with Gasteiger partial charge in [-0.2, -0.15) is 0 Å². The van der Waals surface area contributed by atoms with Crippen molar-refractivity contribution in [2.45, 2.75) is 51.4 Å². The number of carboxylic acids is 1. The number of nitrogens with zero attached hydrogens (tertiary/aromatic N) is 1. The van der Waals surface area contributed by atoms with Crippen molar-refractivity contribution in [3.05, 3.63) is 64.5 Å². The van der Waals surface area contributed by atoms with E-state index in [4.69, 9.17) is 5.11 Å². The minimum atomic E-state index is -0.980. The average molecular weight is 333 g/mol. The Bertz CT molecular complexity index is 880. The Labute approximate surface area is 149 Å². The lowest BCUT2D eigenvalue weighted by molar-refractivity contribution is 0.0696. The third kappa shape index (κ3) is 3.44. The number of rotatable bonds is 1. The SMILES string of the molecule is CC1(C)CCC(C)(C)c2cc(C#Cc3ccc(C(=O)O)cn3)ccc21. The highest BCUT2D eigenvalue weighted by Crippen LogP contribution is 2.45. The molecule has 0 saturated carbocycles. The van der Waals surface area contributed by atoms with Crippen molar-refractivity contribution in [2.75, 3.05) is 0 Å². The summed E-state index contributed by atoms with van der Waals surface area (Å²) < 4.78 is 0. The van der Waals surface area contributed by atoms with E-state index in [2.05, 4.69) is 62.7 Å². The van der Waals surface area contributed by atoms with Crippen LogP contribution in [0, 0.1) is 11.8 Å². The lowest BCUT2D eigenvalue weighted by Crippen LogP contribution is -2.33. The normalized spacial score (nSPS) is 17.1. The van der Waals surface area contributed by atoms with Crippen LogP contribution in [-0.2, 0) is 10.8 Å². The zero-order valence-electron chi connectivity index (χ0n) is 15.2. The molecular weight excluding hydrogens is 310 g/mol. The topological polar surface area (TPSA) is 50.2 Å². The summed E-state index contributed by atoms with van der Waals surface area (Å²) in [5.74, 6) is 5.21. The number of hydrogen-bond acceptors (Lipinski definition) is 2. The third-order valence-electron chi connectivity index (χ3n) is 5.20. The van der Waals surface area contributed by atoms with E-state index >= 15 is 0 Å². The van der Waals surface area contributed by atoms with E-state index in [0.717, 1.165) is 5.56 Å². The summed E-state index contributed by atoms with van der Waals surface area (Å²) in [7, 11) is 0. The Morgan fingerprint density at radius 1 is 1.00 bits per heavy atom. The van der Waals surface area contributed by atoms with E-state index in [0.29, 0.717) is 5.69 Å². The lowest BCUT2D eigenvalue weighted by atomic mass is 9.63. The molecule has 0 saturated heterocycles. The number of aromatic nitrogens is 1. The van der Waals surface area contributed by atoms with Crippen molar-refractivity contribution in [2.24, 2.45) is 0 Å². The fourth-order valence-corrected chi connectivity index (χ4v) is 3.40. The van der Waals surface area contributed by atoms with Gasteiger partial charge in [-0.15, -0.1) is 0 Å². The molecule has 0 radical (unpaired) electrons. The van der Waals surface area contributed by atoms with Crippen molar-refractivity contribution in [1.82, 2.24) is 4.98 Å². The molecule has 0 bridgehead atoms. The minimum Gasteiger partial charge on any atom is -0.478 e. The van der Waals surface area contributed by atoms with Crippen LogP contribution in [0.5, 0.6) is 0 Å². The van der Waals surface area contributed by atoms with Crippen molar-refractivity contribution in [3.8, 4) is 11.8 Å². The van der Waals surface area contributed by atoms with Crippen LogP contribution >= 0.6 is 0 Å². The smallest absolute Gasteiger partial charge is 0.337 e. The summed E-state index contributed by atoms with van der Waals surface area (Å²) in [6, 6.07) is 9.65. The Hall–Kier alpha value is -2.60. The number of fused-ring (bicyclic) bond motifs is 1. The van der Waals surface area contributed by atoms with Crippen molar-refractivity contribution in [1.29, 1.82) is 0 Å². The molecule has 1 heterocycles. The Kier molecular flexibility index (Phi) is 4.16. The van der Waals surface area contributed by atoms with Crippen LogP contribution in [-0.4, -0.2) is 16.1 Å². The van der Waals surface area contributed by atoms with Gasteiger partial charge < -0.3 is 5.11 Å². The lowest BCUT2D eigenvalue weighted by Gasteiger charge is -2.41. The summed E-state index contributed by atoms with van der Waals surface area (Å²) in [5, 5.41) is 8.91. The maximum atomic E-state index is 10.9. The number of aromatic carboxylic acids is 1. The van der Waals surface area contributed by atoms with Gasteiger partial charge in [-0.3, -0.25) is 0 Å². The van der Waals surface area contributed by atoms with E-state index < -0.39 is 5.97 Å². The molecule has 2 aromatic rings. The molecule has 0 atom stereocenters. The molecule has 1 aliphatic rings. The zero-order chi connectivity index (χ0) is 18.2. The molecule has 1 aliphatic carbocycles. The molecule has 3 heteroatoms. The molecule has 0 aliphatic heterocycles. The maximum absolute atomic E-state index is 10.9. The van der Waals surface area contributed by atoms with Gasteiger partial charge in [-0.1, -0.05) is 39.7 Å². The predicted molar refractivity (Wildman–Crippen MR) is 98.9 cm³/mol. The Balaban J connectivity index is 1.94.